The Hall–Kier alpha value is -0.900. The first-order valence-electron chi connectivity index (χ1n) is 6.87. The molecular formula is C13H23N3O. The lowest BCUT2D eigenvalue weighted by atomic mass is 9.79. The van der Waals surface area contributed by atoms with Gasteiger partial charge in [0.15, 0.2) is 5.82 Å². The second-order valence-corrected chi connectivity index (χ2v) is 5.04. The number of nitrogens with zero attached hydrogens (tertiary/aromatic N) is 2. The second kappa shape index (κ2) is 6.15. The summed E-state index contributed by atoms with van der Waals surface area (Å²) in [6, 6.07) is 0. The molecule has 1 saturated carbocycles. The molecule has 0 radical (unpaired) electrons. The molecule has 2 rings (SSSR count). The van der Waals surface area contributed by atoms with Crippen LogP contribution in [-0.4, -0.2) is 16.7 Å². The molecule has 1 aliphatic rings. The Morgan fingerprint density at radius 3 is 2.94 bits per heavy atom. The molecule has 2 atom stereocenters. The van der Waals surface area contributed by atoms with Crippen molar-refractivity contribution in [2.75, 3.05) is 6.54 Å². The van der Waals surface area contributed by atoms with E-state index in [1.807, 2.05) is 0 Å². The molecule has 96 valence electrons. The van der Waals surface area contributed by atoms with E-state index < -0.39 is 0 Å². The van der Waals surface area contributed by atoms with Crippen LogP contribution in [0.3, 0.4) is 0 Å². The van der Waals surface area contributed by atoms with Crippen LogP contribution in [0.4, 0.5) is 0 Å². The minimum absolute atomic E-state index is 0.400. The van der Waals surface area contributed by atoms with E-state index >= 15 is 0 Å². The Kier molecular flexibility index (Phi) is 4.54. The summed E-state index contributed by atoms with van der Waals surface area (Å²) in [4.78, 5) is 4.54. The lowest BCUT2D eigenvalue weighted by Crippen LogP contribution is -2.25. The molecule has 4 nitrogen and oxygen atoms in total. The Morgan fingerprint density at radius 2 is 2.18 bits per heavy atom. The number of aryl methyl sites for hydroxylation is 1. The molecular weight excluding hydrogens is 214 g/mol. The molecule has 1 aliphatic carbocycles. The minimum Gasteiger partial charge on any atom is -0.339 e. The van der Waals surface area contributed by atoms with Crippen LogP contribution < -0.4 is 5.73 Å². The standard InChI is InChI=1S/C13H23N3O/c1-2-3-8-12-15-13(17-16-12)11-7-5-4-6-10(11)9-14/h10-11H,2-9,14H2,1H3. The van der Waals surface area contributed by atoms with Gasteiger partial charge >= 0.3 is 0 Å². The van der Waals surface area contributed by atoms with E-state index in [9.17, 15) is 0 Å². The van der Waals surface area contributed by atoms with Crippen LogP contribution in [0.2, 0.25) is 0 Å². The van der Waals surface area contributed by atoms with Crippen molar-refractivity contribution in [3.8, 4) is 0 Å². The van der Waals surface area contributed by atoms with Gasteiger partial charge in [-0.05, 0) is 31.7 Å². The summed E-state index contributed by atoms with van der Waals surface area (Å²) in [5, 5.41) is 4.07. The summed E-state index contributed by atoms with van der Waals surface area (Å²) in [7, 11) is 0. The summed E-state index contributed by atoms with van der Waals surface area (Å²) < 4.78 is 5.42. The summed E-state index contributed by atoms with van der Waals surface area (Å²) in [5.74, 6) is 2.62. The zero-order valence-electron chi connectivity index (χ0n) is 10.7. The van der Waals surface area contributed by atoms with Crippen LogP contribution in [0.1, 0.15) is 63.1 Å². The normalized spacial score (nSPS) is 25.1. The van der Waals surface area contributed by atoms with Gasteiger partial charge in [-0.25, -0.2) is 0 Å². The highest BCUT2D eigenvalue weighted by Gasteiger charge is 2.29. The van der Waals surface area contributed by atoms with Crippen LogP contribution in [0, 0.1) is 5.92 Å². The van der Waals surface area contributed by atoms with Gasteiger partial charge in [-0.15, -0.1) is 0 Å². The molecule has 1 fully saturated rings. The fourth-order valence-electron chi connectivity index (χ4n) is 2.67. The van der Waals surface area contributed by atoms with Gasteiger partial charge in [0.2, 0.25) is 5.89 Å². The number of hydrogen-bond acceptors (Lipinski definition) is 4. The van der Waals surface area contributed by atoms with Gasteiger partial charge in [-0.3, -0.25) is 0 Å². The summed E-state index contributed by atoms with van der Waals surface area (Å²) in [6.07, 6.45) is 8.12. The van der Waals surface area contributed by atoms with Crippen LogP contribution in [0.15, 0.2) is 4.52 Å². The van der Waals surface area contributed by atoms with Gasteiger partial charge in [0.05, 0.1) is 0 Å². The average molecular weight is 237 g/mol. The van der Waals surface area contributed by atoms with Gasteiger partial charge in [0.25, 0.3) is 0 Å². The van der Waals surface area contributed by atoms with E-state index in [2.05, 4.69) is 17.1 Å². The average Bonchev–Trinajstić information content (AvgIpc) is 2.85. The summed E-state index contributed by atoms with van der Waals surface area (Å²) >= 11 is 0. The Bertz CT molecular complexity index is 337. The smallest absolute Gasteiger partial charge is 0.230 e. The van der Waals surface area contributed by atoms with E-state index in [0.717, 1.165) is 37.5 Å². The van der Waals surface area contributed by atoms with Crippen LogP contribution in [0.25, 0.3) is 0 Å². The highest BCUT2D eigenvalue weighted by atomic mass is 16.5. The lowest BCUT2D eigenvalue weighted by molar-refractivity contribution is 0.249. The van der Waals surface area contributed by atoms with Crippen LogP contribution in [0.5, 0.6) is 0 Å². The van der Waals surface area contributed by atoms with Crippen molar-refractivity contribution >= 4 is 0 Å². The fraction of sp³-hybridized carbons (Fsp3) is 0.846. The zero-order valence-corrected chi connectivity index (χ0v) is 10.7. The molecule has 0 aliphatic heterocycles. The van der Waals surface area contributed by atoms with Crippen LogP contribution >= 0.6 is 0 Å². The quantitative estimate of drug-likeness (QED) is 0.855. The fourth-order valence-corrected chi connectivity index (χ4v) is 2.67. The number of hydrogen-bond donors (Lipinski definition) is 1. The number of aromatic nitrogens is 2. The highest BCUT2D eigenvalue weighted by Crippen LogP contribution is 2.36. The Morgan fingerprint density at radius 1 is 1.35 bits per heavy atom. The van der Waals surface area contributed by atoms with Crippen molar-refractivity contribution < 1.29 is 4.52 Å². The third-order valence-corrected chi connectivity index (χ3v) is 3.77. The maximum atomic E-state index is 5.83. The topological polar surface area (TPSA) is 64.9 Å². The van der Waals surface area contributed by atoms with E-state index in [1.54, 1.807) is 0 Å². The molecule has 4 heteroatoms. The largest absolute Gasteiger partial charge is 0.339 e. The van der Waals surface area contributed by atoms with Crippen molar-refractivity contribution in [1.82, 2.24) is 10.1 Å². The molecule has 0 bridgehead atoms. The van der Waals surface area contributed by atoms with E-state index in [0.29, 0.717) is 11.8 Å². The molecule has 0 amide bonds. The molecule has 0 spiro atoms. The third kappa shape index (κ3) is 3.06. The number of rotatable bonds is 5. The van der Waals surface area contributed by atoms with E-state index in [-0.39, 0.29) is 0 Å². The van der Waals surface area contributed by atoms with Crippen molar-refractivity contribution in [1.29, 1.82) is 0 Å². The molecule has 1 heterocycles. The monoisotopic (exact) mass is 237 g/mol. The van der Waals surface area contributed by atoms with Gasteiger partial charge < -0.3 is 10.3 Å². The summed E-state index contributed by atoms with van der Waals surface area (Å²) in [6.45, 7) is 2.91. The maximum absolute atomic E-state index is 5.83. The lowest BCUT2D eigenvalue weighted by Gasteiger charge is -2.27. The van der Waals surface area contributed by atoms with Crippen molar-refractivity contribution in [3.63, 3.8) is 0 Å². The molecule has 2 N–H and O–H groups in total. The Labute approximate surface area is 103 Å². The first-order valence-corrected chi connectivity index (χ1v) is 6.87. The van der Waals surface area contributed by atoms with Crippen molar-refractivity contribution in [2.24, 2.45) is 11.7 Å². The molecule has 2 unspecified atom stereocenters. The first kappa shape index (κ1) is 12.6. The Balaban J connectivity index is 2.02. The minimum atomic E-state index is 0.400. The molecule has 1 aromatic heterocycles. The van der Waals surface area contributed by atoms with Crippen LogP contribution in [-0.2, 0) is 6.42 Å². The number of unbranched alkanes of at least 4 members (excludes halogenated alkanes) is 1. The summed E-state index contributed by atoms with van der Waals surface area (Å²) in [5.41, 5.74) is 5.83. The molecule has 0 aromatic carbocycles. The van der Waals surface area contributed by atoms with Crippen molar-refractivity contribution in [3.05, 3.63) is 11.7 Å². The molecule has 0 saturated heterocycles. The first-order chi connectivity index (χ1) is 8.35. The van der Waals surface area contributed by atoms with E-state index in [4.69, 9.17) is 10.3 Å². The predicted molar refractivity (Wildman–Crippen MR) is 66.7 cm³/mol. The van der Waals surface area contributed by atoms with Gasteiger partial charge in [0, 0.05) is 12.3 Å². The second-order valence-electron chi connectivity index (χ2n) is 5.04. The zero-order chi connectivity index (χ0) is 12.1. The van der Waals surface area contributed by atoms with Crippen molar-refractivity contribution in [2.45, 2.75) is 57.8 Å². The van der Waals surface area contributed by atoms with Gasteiger partial charge in [-0.2, -0.15) is 4.98 Å². The maximum Gasteiger partial charge on any atom is 0.230 e. The van der Waals surface area contributed by atoms with Gasteiger partial charge in [-0.1, -0.05) is 31.3 Å². The highest BCUT2D eigenvalue weighted by molar-refractivity contribution is 4.99. The third-order valence-electron chi connectivity index (χ3n) is 3.77. The van der Waals surface area contributed by atoms with E-state index in [1.165, 1.54) is 25.7 Å². The SMILES string of the molecule is CCCCc1noc(C2CCCCC2CN)n1. The van der Waals surface area contributed by atoms with Gasteiger partial charge in [0.1, 0.15) is 0 Å². The molecule has 17 heavy (non-hydrogen) atoms. The number of nitrogens with two attached hydrogens (primary N) is 1. The predicted octanol–water partition coefficient (Wildman–Crippen LogP) is 2.64. The molecule has 1 aromatic rings.